The van der Waals surface area contributed by atoms with Gasteiger partial charge in [-0.25, -0.2) is 0 Å². The predicted molar refractivity (Wildman–Crippen MR) is 21.1 cm³/mol. The molecule has 0 aromatic rings. The van der Waals surface area contributed by atoms with Crippen LogP contribution in [0.1, 0.15) is 14.9 Å². The molecule has 8 heavy (non-hydrogen) atoms. The van der Waals surface area contributed by atoms with E-state index >= 15 is 0 Å². The van der Waals surface area contributed by atoms with Gasteiger partial charge in [0, 0.05) is 0 Å². The number of hydrogen-bond donors (Lipinski definition) is 0. The summed E-state index contributed by atoms with van der Waals surface area (Å²) in [5.74, 6) is 0. The second-order valence-electron chi connectivity index (χ2n) is 0.447. The molecule has 0 amide bonds. The Hall–Kier alpha value is 0.629. The quantitative estimate of drug-likeness (QED) is 0.335. The minimum atomic E-state index is -5.39. The van der Waals surface area contributed by atoms with Crippen LogP contribution in [0.25, 0.3) is 0 Å². The molecule has 0 atom stereocenters. The molecule has 0 saturated heterocycles. The maximum atomic E-state index is 8.55. The van der Waals surface area contributed by atoms with Crippen molar-refractivity contribution in [3.63, 3.8) is 0 Å². The van der Waals surface area contributed by atoms with Crippen LogP contribution in [-0.2, 0) is 21.6 Å². The summed E-state index contributed by atoms with van der Waals surface area (Å²) in [5.41, 5.74) is 0. The minimum absolute atomic E-state index is 0. The van der Waals surface area contributed by atoms with Crippen molar-refractivity contribution < 1.29 is 36.3 Å². The van der Waals surface area contributed by atoms with Crippen molar-refractivity contribution in [1.29, 1.82) is 0 Å². The van der Waals surface area contributed by atoms with Crippen molar-refractivity contribution in [3.8, 4) is 0 Å². The maximum absolute atomic E-state index is 8.55. The second-order valence-corrected chi connectivity index (χ2v) is 1.34. The van der Waals surface area contributed by atoms with E-state index in [0.717, 1.165) is 0 Å². The first kappa shape index (κ1) is 23.4. The summed E-state index contributed by atoms with van der Waals surface area (Å²) in [6.45, 7) is 0. The summed E-state index contributed by atoms with van der Waals surface area (Å²) in [6, 6.07) is 0. The van der Waals surface area contributed by atoms with E-state index in [9.17, 15) is 0 Å². The zero-order chi connectivity index (χ0) is 4.50. The van der Waals surface area contributed by atoms with Gasteiger partial charge in [0.25, 0.3) is 0 Å². The smallest absolute Gasteiger partial charge is 0.822 e. The van der Waals surface area contributed by atoms with Crippen LogP contribution in [0.3, 0.4) is 0 Å². The van der Waals surface area contributed by atoms with Gasteiger partial charge in [-0.3, -0.25) is 0 Å². The Labute approximate surface area is 59.6 Å². The van der Waals surface area contributed by atoms with E-state index in [1.54, 1.807) is 0 Å². The molecule has 1 radical (unpaired) electrons. The summed E-state index contributed by atoms with van der Waals surface area (Å²) < 4.78 is 8.55. The Bertz CT molecular complexity index is 60.2. The summed E-state index contributed by atoms with van der Waals surface area (Å²) in [6.07, 6.45) is 0. The van der Waals surface area contributed by atoms with E-state index in [-0.39, 0.29) is 31.9 Å². The second kappa shape index (κ2) is 7.63. The fourth-order valence-electron chi connectivity index (χ4n) is 0. The van der Waals surface area contributed by atoms with Crippen LogP contribution in [0.5, 0.6) is 0 Å². The van der Waals surface area contributed by atoms with Gasteiger partial charge in [-0.05, 0) is 0 Å². The van der Waals surface area contributed by atoms with E-state index < -0.39 is 7.82 Å². The summed E-state index contributed by atoms with van der Waals surface area (Å²) in [4.78, 5) is 25.6. The van der Waals surface area contributed by atoms with Gasteiger partial charge in [-0.15, -0.1) is 0 Å². The third-order valence-electron chi connectivity index (χ3n) is 0. The maximum Gasteiger partial charge on any atom is 3.00 e. The molecule has 53 valence electrons. The first-order valence-electron chi connectivity index (χ1n) is 0.730. The van der Waals surface area contributed by atoms with E-state index in [1.807, 2.05) is 0 Å². The predicted octanol–water partition coefficient (Wildman–Crippen LogP) is -1.55. The minimum Gasteiger partial charge on any atom is -0.822 e. The van der Waals surface area contributed by atoms with Crippen LogP contribution >= 0.6 is 7.82 Å². The van der Waals surface area contributed by atoms with Crippen LogP contribution in [-0.4, -0.2) is 0 Å². The molecule has 0 N–H and O–H groups in total. The van der Waals surface area contributed by atoms with Gasteiger partial charge in [0.2, 0.25) is 0 Å². The number of phosphoric acid groups is 1. The molecule has 0 saturated carbocycles. The van der Waals surface area contributed by atoms with Crippen LogP contribution in [0.2, 0.25) is 0 Å². The Kier molecular flexibility index (Phi) is 22.4. The zero-order valence-corrected chi connectivity index (χ0v) is 4.43. The Balaban J connectivity index is -0.0000000267. The van der Waals surface area contributed by atoms with Crippen molar-refractivity contribution in [2.24, 2.45) is 0 Å². The Morgan fingerprint density at radius 1 is 1.00 bits per heavy atom. The molecule has 6 heteroatoms. The van der Waals surface area contributed by atoms with E-state index in [1.165, 1.54) is 0 Å². The van der Waals surface area contributed by atoms with Crippen molar-refractivity contribution in [2.75, 3.05) is 0 Å². The van der Waals surface area contributed by atoms with Crippen molar-refractivity contribution in [3.05, 3.63) is 0 Å². The molecule has 0 aliphatic heterocycles. The molecule has 0 unspecified atom stereocenters. The Morgan fingerprint density at radius 3 is 1.00 bits per heavy atom. The van der Waals surface area contributed by atoms with Crippen LogP contribution < -0.4 is 14.7 Å². The van der Waals surface area contributed by atoms with Gasteiger partial charge in [-0.2, -0.15) is 7.82 Å². The van der Waals surface area contributed by atoms with Gasteiger partial charge in [-0.1, -0.05) is 14.9 Å². The van der Waals surface area contributed by atoms with Crippen LogP contribution in [0.15, 0.2) is 0 Å². The molecule has 0 aromatic heterocycles. The molecule has 0 aromatic carbocycles. The molecule has 0 heterocycles. The van der Waals surface area contributed by atoms with E-state index in [0.29, 0.717) is 0 Å². The van der Waals surface area contributed by atoms with Crippen molar-refractivity contribution in [1.82, 2.24) is 0 Å². The zero-order valence-electron chi connectivity index (χ0n) is 2.43. The SMILES string of the molecule is C.C.O=P([O-])([O-])[O-].[Fe+3]. The number of hydrogen-bond acceptors (Lipinski definition) is 4. The molecule has 0 fully saturated rings. The molecule has 0 rings (SSSR count). The van der Waals surface area contributed by atoms with Crippen LogP contribution in [0, 0.1) is 0 Å². The molecular formula is C2H8FeO4P. The van der Waals surface area contributed by atoms with Gasteiger partial charge < -0.3 is 19.2 Å². The topological polar surface area (TPSA) is 86.2 Å². The van der Waals surface area contributed by atoms with Gasteiger partial charge in [0.15, 0.2) is 0 Å². The van der Waals surface area contributed by atoms with Crippen molar-refractivity contribution >= 4 is 7.82 Å². The Morgan fingerprint density at radius 2 is 1.00 bits per heavy atom. The standard InChI is InChI=1S/2CH4.Fe.H3O4P/c;;;1-5(2,3)4/h2*1H4;;(H3,1,2,3,4)/q;;+3;/p-3. The van der Waals surface area contributed by atoms with Gasteiger partial charge in [0.05, 0.1) is 0 Å². The van der Waals surface area contributed by atoms with E-state index in [4.69, 9.17) is 19.2 Å². The average Bonchev–Trinajstić information content (AvgIpc) is 0.722. The van der Waals surface area contributed by atoms with Gasteiger partial charge in [0.1, 0.15) is 0 Å². The monoisotopic (exact) mass is 183 g/mol. The van der Waals surface area contributed by atoms with Gasteiger partial charge >= 0.3 is 17.1 Å². The molecule has 0 spiro atoms. The molecule has 0 aliphatic carbocycles. The number of rotatable bonds is 0. The average molecular weight is 183 g/mol. The molecule has 4 nitrogen and oxygen atoms in total. The first-order chi connectivity index (χ1) is 2.00. The summed E-state index contributed by atoms with van der Waals surface area (Å²) >= 11 is 0. The normalized spacial score (nSPS) is 7.38. The third kappa shape index (κ3) is 530. The van der Waals surface area contributed by atoms with Crippen LogP contribution in [0.4, 0.5) is 0 Å². The van der Waals surface area contributed by atoms with Crippen molar-refractivity contribution in [2.45, 2.75) is 14.9 Å². The van der Waals surface area contributed by atoms with E-state index in [2.05, 4.69) is 0 Å². The first-order valence-corrected chi connectivity index (χ1v) is 2.19. The molecule has 0 aliphatic rings. The molecular weight excluding hydrogens is 175 g/mol. The third-order valence-corrected chi connectivity index (χ3v) is 0. The molecule has 0 bridgehead atoms. The summed E-state index contributed by atoms with van der Waals surface area (Å²) in [7, 11) is -5.39. The fraction of sp³-hybridized carbons (Fsp3) is 1.00. The largest absolute Gasteiger partial charge is 3.00 e. The summed E-state index contributed by atoms with van der Waals surface area (Å²) in [5, 5.41) is 0. The fourth-order valence-corrected chi connectivity index (χ4v) is 0.